The number of carboxylic acid groups (broad SMARTS) is 1. The maximum absolute atomic E-state index is 14.1. The van der Waals surface area contributed by atoms with Crippen molar-refractivity contribution >= 4 is 33.8 Å². The molecule has 0 saturated carbocycles. The third-order valence-electron chi connectivity index (χ3n) is 6.74. The summed E-state index contributed by atoms with van der Waals surface area (Å²) in [7, 11) is 0. The number of amides is 1. The van der Waals surface area contributed by atoms with Gasteiger partial charge in [-0.25, -0.2) is 14.2 Å². The molecule has 176 valence electrons. The van der Waals surface area contributed by atoms with Crippen molar-refractivity contribution in [2.24, 2.45) is 0 Å². The van der Waals surface area contributed by atoms with Gasteiger partial charge in [-0.1, -0.05) is 19.1 Å². The fourth-order valence-electron chi connectivity index (χ4n) is 5.17. The number of nitrogens with one attached hydrogen (secondary N) is 2. The topological polar surface area (TPSA) is 100 Å². The first-order valence-corrected chi connectivity index (χ1v) is 11.7. The average molecular weight is 463 g/mol. The first-order valence-electron chi connectivity index (χ1n) is 11.7. The van der Waals surface area contributed by atoms with Crippen LogP contribution in [0.4, 0.5) is 4.39 Å². The van der Waals surface area contributed by atoms with E-state index in [-0.39, 0.29) is 17.8 Å². The van der Waals surface area contributed by atoms with Gasteiger partial charge in [0.1, 0.15) is 17.7 Å². The number of aromatic amines is 1. The Kier molecular flexibility index (Phi) is 5.81. The number of nitrogens with zero attached hydrogens (tertiary/aromatic N) is 2. The van der Waals surface area contributed by atoms with Gasteiger partial charge in [0.25, 0.3) is 0 Å². The van der Waals surface area contributed by atoms with E-state index in [1.165, 1.54) is 12.1 Å². The zero-order chi connectivity index (χ0) is 23.8. The number of fused-ring (bicyclic) bond motifs is 4. The van der Waals surface area contributed by atoms with Crippen LogP contribution in [0.25, 0.3) is 21.9 Å². The number of carbonyl (C=O) groups excluding carboxylic acids is 1. The molecule has 1 aliphatic rings. The second-order valence-electron chi connectivity index (χ2n) is 8.93. The number of H-pyrrole nitrogens is 1. The summed E-state index contributed by atoms with van der Waals surface area (Å²) in [5.41, 5.74) is 4.43. The molecule has 5 rings (SSSR count). The lowest BCUT2D eigenvalue weighted by Gasteiger charge is -2.26. The van der Waals surface area contributed by atoms with Crippen molar-refractivity contribution in [3.05, 3.63) is 65.4 Å². The number of hydrogen-bond acceptors (Lipinski definition) is 3. The number of halogens is 1. The van der Waals surface area contributed by atoms with Crippen LogP contribution in [0, 0.1) is 5.82 Å². The number of rotatable bonds is 7. The van der Waals surface area contributed by atoms with Crippen LogP contribution in [0.1, 0.15) is 49.3 Å². The molecule has 2 aromatic heterocycles. The Morgan fingerprint density at radius 2 is 2.12 bits per heavy atom. The monoisotopic (exact) mass is 462 g/mol. The van der Waals surface area contributed by atoms with E-state index in [1.807, 2.05) is 35.8 Å². The van der Waals surface area contributed by atoms with Crippen molar-refractivity contribution in [2.75, 3.05) is 0 Å². The quantitative estimate of drug-likeness (QED) is 0.381. The molecule has 0 fully saturated rings. The smallest absolute Gasteiger partial charge is 0.326 e. The van der Waals surface area contributed by atoms with Gasteiger partial charge in [0.15, 0.2) is 0 Å². The molecular weight excluding hydrogens is 435 g/mol. The van der Waals surface area contributed by atoms with Gasteiger partial charge in [-0.05, 0) is 61.6 Å². The fraction of sp³-hybridized carbons (Fsp3) is 0.346. The van der Waals surface area contributed by atoms with Gasteiger partial charge < -0.3 is 20.0 Å². The summed E-state index contributed by atoms with van der Waals surface area (Å²) in [6.07, 6.45) is 3.15. The first kappa shape index (κ1) is 22.1. The summed E-state index contributed by atoms with van der Waals surface area (Å²) in [6, 6.07) is 11.5. The highest BCUT2D eigenvalue weighted by Gasteiger charge is 2.30. The van der Waals surface area contributed by atoms with E-state index in [2.05, 4.69) is 15.3 Å². The number of aliphatic carboxylic acids is 1. The van der Waals surface area contributed by atoms with Gasteiger partial charge in [0.2, 0.25) is 5.91 Å². The van der Waals surface area contributed by atoms with Gasteiger partial charge in [-0.2, -0.15) is 0 Å². The highest BCUT2D eigenvalue weighted by atomic mass is 19.1. The molecule has 7 nitrogen and oxygen atoms in total. The van der Waals surface area contributed by atoms with Crippen molar-refractivity contribution in [1.82, 2.24) is 19.9 Å². The molecule has 1 aliphatic carbocycles. The minimum Gasteiger partial charge on any atom is -0.480 e. The van der Waals surface area contributed by atoms with Crippen LogP contribution in [-0.2, 0) is 28.9 Å². The number of para-hydroxylation sites is 2. The molecular formula is C26H27FN4O3. The normalized spacial score (nSPS) is 16.5. The van der Waals surface area contributed by atoms with Crippen LogP contribution in [0.5, 0.6) is 0 Å². The van der Waals surface area contributed by atoms with E-state index in [0.717, 1.165) is 39.0 Å². The SMILES string of the molecule is CCC(C(=O)O)n1c2c(c3cc(F)ccc31)CC(NC(=O)CCc1nc3ccccc3[nH]1)CC2. The number of carboxylic acids is 1. The van der Waals surface area contributed by atoms with E-state index in [0.29, 0.717) is 38.5 Å². The van der Waals surface area contributed by atoms with Gasteiger partial charge in [-0.3, -0.25) is 4.79 Å². The van der Waals surface area contributed by atoms with Crippen LogP contribution in [-0.4, -0.2) is 37.6 Å². The lowest BCUT2D eigenvalue weighted by Crippen LogP contribution is -2.39. The number of benzene rings is 2. The van der Waals surface area contributed by atoms with Crippen molar-refractivity contribution in [3.8, 4) is 0 Å². The molecule has 2 atom stereocenters. The Hall–Kier alpha value is -3.68. The fourth-order valence-corrected chi connectivity index (χ4v) is 5.17. The maximum atomic E-state index is 14.1. The van der Waals surface area contributed by atoms with E-state index in [4.69, 9.17) is 0 Å². The Morgan fingerprint density at radius 3 is 2.88 bits per heavy atom. The molecule has 2 heterocycles. The standard InChI is InChI=1S/C26H27FN4O3/c1-2-21(26(33)34)31-22-9-7-15(27)13-17(22)18-14-16(8-10-23(18)31)28-25(32)12-11-24-29-19-5-3-4-6-20(19)30-24/h3-7,9,13,16,21H,2,8,10-12,14H2,1H3,(H,28,32)(H,29,30)(H,33,34). The lowest BCUT2D eigenvalue weighted by atomic mass is 9.91. The van der Waals surface area contributed by atoms with Crippen LogP contribution < -0.4 is 5.32 Å². The van der Waals surface area contributed by atoms with Crippen molar-refractivity contribution in [3.63, 3.8) is 0 Å². The summed E-state index contributed by atoms with van der Waals surface area (Å²) < 4.78 is 16.0. The Balaban J connectivity index is 1.33. The van der Waals surface area contributed by atoms with E-state index < -0.39 is 12.0 Å². The molecule has 0 spiro atoms. The number of aromatic nitrogens is 3. The minimum absolute atomic E-state index is 0.0548. The molecule has 2 aromatic carbocycles. The second-order valence-corrected chi connectivity index (χ2v) is 8.93. The summed E-state index contributed by atoms with van der Waals surface area (Å²) in [4.78, 5) is 32.4. The molecule has 8 heteroatoms. The lowest BCUT2D eigenvalue weighted by molar-refractivity contribution is -0.141. The van der Waals surface area contributed by atoms with E-state index in [9.17, 15) is 19.1 Å². The Labute approximate surface area is 196 Å². The molecule has 0 bridgehead atoms. The zero-order valence-electron chi connectivity index (χ0n) is 19.0. The van der Waals surface area contributed by atoms with Gasteiger partial charge >= 0.3 is 5.97 Å². The minimum atomic E-state index is -0.896. The van der Waals surface area contributed by atoms with Gasteiger partial charge in [0.05, 0.1) is 11.0 Å². The molecule has 0 aliphatic heterocycles. The predicted molar refractivity (Wildman–Crippen MR) is 127 cm³/mol. The van der Waals surface area contributed by atoms with E-state index in [1.54, 1.807) is 6.07 Å². The summed E-state index contributed by atoms with van der Waals surface area (Å²) in [6.45, 7) is 1.84. The number of imidazole rings is 1. The number of carbonyl (C=O) groups is 2. The highest BCUT2D eigenvalue weighted by Crippen LogP contribution is 2.36. The Bertz CT molecular complexity index is 1360. The maximum Gasteiger partial charge on any atom is 0.326 e. The zero-order valence-corrected chi connectivity index (χ0v) is 19.0. The third-order valence-corrected chi connectivity index (χ3v) is 6.74. The number of hydrogen-bond donors (Lipinski definition) is 3. The Morgan fingerprint density at radius 1 is 1.29 bits per heavy atom. The van der Waals surface area contributed by atoms with Crippen molar-refractivity contribution in [2.45, 2.75) is 57.5 Å². The van der Waals surface area contributed by atoms with Crippen molar-refractivity contribution in [1.29, 1.82) is 0 Å². The number of aryl methyl sites for hydroxylation is 1. The summed E-state index contributed by atoms with van der Waals surface area (Å²) in [5.74, 6) is -0.527. The molecule has 34 heavy (non-hydrogen) atoms. The first-order chi connectivity index (χ1) is 16.4. The molecule has 1 amide bonds. The second kappa shape index (κ2) is 8.93. The highest BCUT2D eigenvalue weighted by molar-refractivity contribution is 5.88. The molecule has 2 unspecified atom stereocenters. The predicted octanol–water partition coefficient (Wildman–Crippen LogP) is 4.30. The average Bonchev–Trinajstić information content (AvgIpc) is 3.37. The van der Waals surface area contributed by atoms with Crippen molar-refractivity contribution < 1.29 is 19.1 Å². The molecule has 0 saturated heterocycles. The van der Waals surface area contributed by atoms with Crippen LogP contribution >= 0.6 is 0 Å². The van der Waals surface area contributed by atoms with E-state index >= 15 is 0 Å². The largest absolute Gasteiger partial charge is 0.480 e. The van der Waals surface area contributed by atoms with Gasteiger partial charge in [0, 0.05) is 35.5 Å². The van der Waals surface area contributed by atoms with Gasteiger partial charge in [-0.15, -0.1) is 0 Å². The van der Waals surface area contributed by atoms with Crippen LogP contribution in [0.2, 0.25) is 0 Å². The van der Waals surface area contributed by atoms with Crippen LogP contribution in [0.3, 0.4) is 0 Å². The summed E-state index contributed by atoms with van der Waals surface area (Å²) >= 11 is 0. The molecule has 4 aromatic rings. The third kappa shape index (κ3) is 4.04. The summed E-state index contributed by atoms with van der Waals surface area (Å²) in [5, 5.41) is 13.6. The van der Waals surface area contributed by atoms with Crippen LogP contribution in [0.15, 0.2) is 42.5 Å². The molecule has 0 radical (unpaired) electrons. The molecule has 3 N–H and O–H groups in total.